The summed E-state index contributed by atoms with van der Waals surface area (Å²) in [6.45, 7) is 1.31. The van der Waals surface area contributed by atoms with Crippen LogP contribution in [0, 0.1) is 5.92 Å². The molecule has 1 aliphatic carbocycles. The van der Waals surface area contributed by atoms with E-state index in [1.165, 1.54) is 20.0 Å². The van der Waals surface area contributed by atoms with Crippen LogP contribution in [-0.4, -0.2) is 39.4 Å². The second-order valence-electron chi connectivity index (χ2n) is 3.68. The van der Waals surface area contributed by atoms with Gasteiger partial charge in [0.25, 0.3) is 0 Å². The van der Waals surface area contributed by atoms with Gasteiger partial charge in [-0.25, -0.2) is 0 Å². The quantitative estimate of drug-likeness (QED) is 0.612. The minimum atomic E-state index is -0.143. The summed E-state index contributed by atoms with van der Waals surface area (Å²) in [6, 6.07) is 0.629. The fourth-order valence-electron chi connectivity index (χ4n) is 1.33. The van der Waals surface area contributed by atoms with E-state index in [1.54, 1.807) is 7.11 Å². The highest BCUT2D eigenvalue weighted by atomic mass is 16.5. The Morgan fingerprint density at radius 1 is 1.50 bits per heavy atom. The molecule has 4 nitrogen and oxygen atoms in total. The van der Waals surface area contributed by atoms with Crippen LogP contribution in [0.2, 0.25) is 0 Å². The van der Waals surface area contributed by atoms with E-state index in [-0.39, 0.29) is 11.9 Å². The van der Waals surface area contributed by atoms with Gasteiger partial charge < -0.3 is 14.8 Å². The molecule has 0 aromatic carbocycles. The van der Waals surface area contributed by atoms with E-state index in [2.05, 4.69) is 5.32 Å². The van der Waals surface area contributed by atoms with Gasteiger partial charge in [0, 0.05) is 26.3 Å². The average molecular weight is 201 g/mol. The van der Waals surface area contributed by atoms with Crippen LogP contribution in [0.5, 0.6) is 0 Å². The molecule has 82 valence electrons. The SMILES string of the molecule is COCCC(CNC1CC1)C(=O)OC. The topological polar surface area (TPSA) is 47.6 Å². The lowest BCUT2D eigenvalue weighted by molar-refractivity contribution is -0.145. The maximum atomic E-state index is 11.3. The largest absolute Gasteiger partial charge is 0.469 e. The number of hydrogen-bond acceptors (Lipinski definition) is 4. The number of carbonyl (C=O) groups is 1. The monoisotopic (exact) mass is 201 g/mol. The third kappa shape index (κ3) is 4.07. The molecule has 0 amide bonds. The molecule has 0 aromatic rings. The van der Waals surface area contributed by atoms with Crippen LogP contribution in [0.15, 0.2) is 0 Å². The first-order valence-corrected chi connectivity index (χ1v) is 5.08. The van der Waals surface area contributed by atoms with Gasteiger partial charge in [-0.3, -0.25) is 4.79 Å². The van der Waals surface area contributed by atoms with Crippen molar-refractivity contribution >= 4 is 5.97 Å². The summed E-state index contributed by atoms with van der Waals surface area (Å²) in [5.74, 6) is -0.212. The van der Waals surface area contributed by atoms with Gasteiger partial charge in [0.15, 0.2) is 0 Å². The van der Waals surface area contributed by atoms with Crippen LogP contribution in [-0.2, 0) is 14.3 Å². The molecule has 1 atom stereocenters. The summed E-state index contributed by atoms with van der Waals surface area (Å²) in [5, 5.41) is 3.32. The molecule has 0 aromatic heterocycles. The highest BCUT2D eigenvalue weighted by Crippen LogP contribution is 2.19. The lowest BCUT2D eigenvalue weighted by atomic mass is 10.1. The molecule has 0 aliphatic heterocycles. The second-order valence-corrected chi connectivity index (χ2v) is 3.68. The zero-order chi connectivity index (χ0) is 10.4. The van der Waals surface area contributed by atoms with Gasteiger partial charge >= 0.3 is 5.97 Å². The minimum Gasteiger partial charge on any atom is -0.469 e. The van der Waals surface area contributed by atoms with Crippen LogP contribution in [0.4, 0.5) is 0 Å². The number of ether oxygens (including phenoxy) is 2. The maximum absolute atomic E-state index is 11.3. The number of hydrogen-bond donors (Lipinski definition) is 1. The van der Waals surface area contributed by atoms with E-state index in [1.807, 2.05) is 0 Å². The molecule has 0 bridgehead atoms. The Morgan fingerprint density at radius 3 is 2.71 bits per heavy atom. The van der Waals surface area contributed by atoms with Gasteiger partial charge in [0.2, 0.25) is 0 Å². The molecule has 0 spiro atoms. The molecule has 1 saturated carbocycles. The van der Waals surface area contributed by atoms with Gasteiger partial charge in [-0.2, -0.15) is 0 Å². The van der Waals surface area contributed by atoms with Gasteiger partial charge in [0.05, 0.1) is 13.0 Å². The third-order valence-electron chi connectivity index (χ3n) is 2.44. The lowest BCUT2D eigenvalue weighted by Gasteiger charge is -2.14. The maximum Gasteiger partial charge on any atom is 0.310 e. The zero-order valence-electron chi connectivity index (χ0n) is 8.91. The second kappa shape index (κ2) is 5.98. The van der Waals surface area contributed by atoms with Crippen LogP contribution in [0.25, 0.3) is 0 Å². The summed E-state index contributed by atoms with van der Waals surface area (Å²) >= 11 is 0. The average Bonchev–Trinajstić information content (AvgIpc) is 3.01. The van der Waals surface area contributed by atoms with E-state index in [0.717, 1.165) is 6.42 Å². The van der Waals surface area contributed by atoms with E-state index in [4.69, 9.17) is 9.47 Å². The predicted octanol–water partition coefficient (Wildman–Crippen LogP) is 0.564. The Morgan fingerprint density at radius 2 is 2.21 bits per heavy atom. The predicted molar refractivity (Wildman–Crippen MR) is 53.0 cm³/mol. The molecule has 14 heavy (non-hydrogen) atoms. The standard InChI is InChI=1S/C10H19NO3/c1-13-6-5-8(10(12)14-2)7-11-9-3-4-9/h8-9,11H,3-7H2,1-2H3. The van der Waals surface area contributed by atoms with Gasteiger partial charge in [-0.15, -0.1) is 0 Å². The number of rotatable bonds is 7. The van der Waals surface area contributed by atoms with E-state index < -0.39 is 0 Å². The van der Waals surface area contributed by atoms with Crippen molar-refractivity contribution in [3.63, 3.8) is 0 Å². The molecule has 0 saturated heterocycles. The van der Waals surface area contributed by atoms with Crippen molar-refractivity contribution in [1.29, 1.82) is 0 Å². The van der Waals surface area contributed by atoms with Gasteiger partial charge in [-0.1, -0.05) is 0 Å². The van der Waals surface area contributed by atoms with Crippen molar-refractivity contribution < 1.29 is 14.3 Å². The third-order valence-corrected chi connectivity index (χ3v) is 2.44. The smallest absolute Gasteiger partial charge is 0.310 e. The van der Waals surface area contributed by atoms with Crippen molar-refractivity contribution in [2.24, 2.45) is 5.92 Å². The molecular weight excluding hydrogens is 182 g/mol. The zero-order valence-corrected chi connectivity index (χ0v) is 8.91. The Labute approximate surface area is 85.0 Å². The first-order chi connectivity index (χ1) is 6.77. The van der Waals surface area contributed by atoms with E-state index >= 15 is 0 Å². The fourth-order valence-corrected chi connectivity index (χ4v) is 1.33. The molecule has 0 radical (unpaired) electrons. The summed E-state index contributed by atoms with van der Waals surface area (Å²) in [4.78, 5) is 11.3. The van der Waals surface area contributed by atoms with Crippen molar-refractivity contribution in [3.8, 4) is 0 Å². The van der Waals surface area contributed by atoms with Crippen LogP contribution >= 0.6 is 0 Å². The molecule has 1 unspecified atom stereocenters. The Balaban J connectivity index is 2.22. The molecule has 1 N–H and O–H groups in total. The molecule has 1 rings (SSSR count). The van der Waals surface area contributed by atoms with Gasteiger partial charge in [0.1, 0.15) is 0 Å². The summed E-state index contributed by atoms with van der Waals surface area (Å²) < 4.78 is 9.68. The number of nitrogens with one attached hydrogen (secondary N) is 1. The van der Waals surface area contributed by atoms with E-state index in [0.29, 0.717) is 19.2 Å². The first-order valence-electron chi connectivity index (χ1n) is 5.08. The number of esters is 1. The molecule has 0 heterocycles. The summed E-state index contributed by atoms with van der Waals surface area (Å²) in [7, 11) is 3.07. The summed E-state index contributed by atoms with van der Waals surface area (Å²) in [6.07, 6.45) is 3.19. The molecule has 4 heteroatoms. The van der Waals surface area contributed by atoms with Crippen LogP contribution in [0.3, 0.4) is 0 Å². The van der Waals surface area contributed by atoms with Crippen molar-refractivity contribution in [2.45, 2.75) is 25.3 Å². The van der Waals surface area contributed by atoms with Crippen LogP contribution < -0.4 is 5.32 Å². The van der Waals surface area contributed by atoms with Crippen molar-refractivity contribution in [3.05, 3.63) is 0 Å². The fraction of sp³-hybridized carbons (Fsp3) is 0.900. The Kier molecular flexibility index (Phi) is 4.90. The van der Waals surface area contributed by atoms with Crippen LogP contribution in [0.1, 0.15) is 19.3 Å². The Bertz CT molecular complexity index is 180. The molecule has 1 fully saturated rings. The summed E-state index contributed by atoms with van der Waals surface area (Å²) in [5.41, 5.74) is 0. The van der Waals surface area contributed by atoms with Crippen molar-refractivity contribution in [1.82, 2.24) is 5.32 Å². The first kappa shape index (κ1) is 11.5. The molecular formula is C10H19NO3. The van der Waals surface area contributed by atoms with E-state index in [9.17, 15) is 4.79 Å². The number of carbonyl (C=O) groups excluding carboxylic acids is 1. The highest BCUT2D eigenvalue weighted by molar-refractivity contribution is 5.72. The molecule has 1 aliphatic rings. The van der Waals surface area contributed by atoms with Gasteiger partial charge in [-0.05, 0) is 19.3 Å². The highest BCUT2D eigenvalue weighted by Gasteiger charge is 2.25. The minimum absolute atomic E-state index is 0.0689. The lowest BCUT2D eigenvalue weighted by Crippen LogP contribution is -2.31. The van der Waals surface area contributed by atoms with Crippen molar-refractivity contribution in [2.75, 3.05) is 27.4 Å². The number of methoxy groups -OCH3 is 2. The Hall–Kier alpha value is -0.610. The normalized spacial score (nSPS) is 17.9.